The van der Waals surface area contributed by atoms with Crippen LogP contribution in [0.2, 0.25) is 0 Å². The van der Waals surface area contributed by atoms with E-state index in [0.717, 1.165) is 56.3 Å². The fraction of sp³-hybridized carbons (Fsp3) is 0.812. The van der Waals surface area contributed by atoms with Gasteiger partial charge in [-0.1, -0.05) is 32.4 Å². The SMILES string of the molecule is CC[C@@]1(OC(=O)NC23CC4CC(CC(C4)C2)C3)CC[C@H]2[C@@H]3CCC4=CC(=O)C=C[C@]4(C)[C@H]3CC[C@@]21C. The van der Waals surface area contributed by atoms with E-state index >= 15 is 0 Å². The van der Waals surface area contributed by atoms with Gasteiger partial charge in [0.25, 0.3) is 0 Å². The number of carbonyl (C=O) groups is 2. The smallest absolute Gasteiger partial charge is 0.408 e. The third-order valence-corrected chi connectivity index (χ3v) is 13.1. The van der Waals surface area contributed by atoms with Crippen LogP contribution in [0.25, 0.3) is 0 Å². The highest BCUT2D eigenvalue weighted by Crippen LogP contribution is 2.68. The van der Waals surface area contributed by atoms with E-state index in [-0.39, 0.29) is 33.8 Å². The van der Waals surface area contributed by atoms with Crippen molar-refractivity contribution in [3.8, 4) is 0 Å². The molecule has 0 aromatic rings. The van der Waals surface area contributed by atoms with Crippen LogP contribution in [0.1, 0.15) is 104 Å². The topological polar surface area (TPSA) is 55.4 Å². The van der Waals surface area contributed by atoms with Crippen LogP contribution in [0, 0.1) is 46.3 Å². The molecule has 8 rings (SSSR count). The molecule has 0 unspecified atom stereocenters. The van der Waals surface area contributed by atoms with E-state index in [1.54, 1.807) is 0 Å². The minimum atomic E-state index is -0.357. The van der Waals surface area contributed by atoms with Crippen LogP contribution in [-0.2, 0) is 9.53 Å². The average molecular weight is 492 g/mol. The van der Waals surface area contributed by atoms with E-state index in [1.165, 1.54) is 50.5 Å². The number of ketones is 1. The summed E-state index contributed by atoms with van der Waals surface area (Å²) in [4.78, 5) is 25.7. The summed E-state index contributed by atoms with van der Waals surface area (Å²) in [7, 11) is 0. The van der Waals surface area contributed by atoms with Crippen LogP contribution >= 0.6 is 0 Å². The molecular weight excluding hydrogens is 446 g/mol. The molecule has 4 bridgehead atoms. The number of ether oxygens (including phenoxy) is 1. The molecular formula is C32H45NO3. The van der Waals surface area contributed by atoms with E-state index in [1.807, 2.05) is 12.2 Å². The zero-order chi connectivity index (χ0) is 24.9. The summed E-state index contributed by atoms with van der Waals surface area (Å²) in [5.74, 6) is 4.43. The number of rotatable bonds is 3. The number of amides is 1. The van der Waals surface area contributed by atoms with Crippen LogP contribution in [0.3, 0.4) is 0 Å². The van der Waals surface area contributed by atoms with Gasteiger partial charge in [-0.3, -0.25) is 4.79 Å². The van der Waals surface area contributed by atoms with E-state index in [9.17, 15) is 9.59 Å². The number of allylic oxidation sites excluding steroid dienone is 4. The van der Waals surface area contributed by atoms with Gasteiger partial charge in [-0.25, -0.2) is 4.79 Å². The fourth-order valence-corrected chi connectivity index (χ4v) is 11.8. The molecule has 0 saturated heterocycles. The van der Waals surface area contributed by atoms with Crippen LogP contribution < -0.4 is 5.32 Å². The first-order valence-corrected chi connectivity index (χ1v) is 15.1. The Morgan fingerprint density at radius 3 is 2.33 bits per heavy atom. The first-order chi connectivity index (χ1) is 17.2. The predicted octanol–water partition coefficient (Wildman–Crippen LogP) is 7.14. The Morgan fingerprint density at radius 1 is 1.00 bits per heavy atom. The average Bonchev–Trinajstić information content (AvgIpc) is 3.10. The molecule has 0 radical (unpaired) electrons. The quantitative estimate of drug-likeness (QED) is 0.456. The zero-order valence-electron chi connectivity index (χ0n) is 22.6. The van der Waals surface area contributed by atoms with Crippen molar-refractivity contribution in [1.29, 1.82) is 0 Å². The molecule has 4 nitrogen and oxygen atoms in total. The Labute approximate surface area is 217 Å². The highest BCUT2D eigenvalue weighted by Gasteiger charge is 2.65. The van der Waals surface area contributed by atoms with Gasteiger partial charge in [-0.05, 0) is 131 Å². The number of hydrogen-bond acceptors (Lipinski definition) is 3. The third kappa shape index (κ3) is 3.17. The van der Waals surface area contributed by atoms with E-state index in [4.69, 9.17) is 4.74 Å². The van der Waals surface area contributed by atoms with Gasteiger partial charge in [0.05, 0.1) is 0 Å². The van der Waals surface area contributed by atoms with Crippen LogP contribution in [-0.4, -0.2) is 23.0 Å². The first-order valence-electron chi connectivity index (χ1n) is 15.1. The third-order valence-electron chi connectivity index (χ3n) is 13.1. The van der Waals surface area contributed by atoms with Crippen molar-refractivity contribution in [2.45, 2.75) is 115 Å². The molecule has 7 saturated carbocycles. The molecule has 0 spiro atoms. The number of carbonyl (C=O) groups excluding carboxylic acids is 2. The molecule has 8 aliphatic carbocycles. The Morgan fingerprint density at radius 2 is 1.67 bits per heavy atom. The van der Waals surface area contributed by atoms with Crippen LogP contribution in [0.15, 0.2) is 23.8 Å². The standard InChI is InChI=1S/C32H45NO3/c1-4-32(36-28(35)33-31-17-20-13-21(18-31)15-22(14-20)19-31)12-9-27-25-6-5-23-16-24(34)7-10-29(23,2)26(25)8-11-30(27,32)3/h7,10,16,20-22,25-27H,4-6,8-9,11-15,17-19H2,1-3H3,(H,33,35)/t20?,21?,22?,25-,26+,27+,29+,30+,31?,32-/m1/s1. The van der Waals surface area contributed by atoms with E-state index in [0.29, 0.717) is 17.8 Å². The van der Waals surface area contributed by atoms with Crippen molar-refractivity contribution < 1.29 is 14.3 Å². The number of fused-ring (bicyclic) bond motifs is 5. The summed E-state index contributed by atoms with van der Waals surface area (Å²) >= 11 is 0. The zero-order valence-corrected chi connectivity index (χ0v) is 22.6. The van der Waals surface area contributed by atoms with Gasteiger partial charge in [0.1, 0.15) is 5.60 Å². The maximum atomic E-state index is 13.6. The summed E-state index contributed by atoms with van der Waals surface area (Å²) < 4.78 is 6.67. The lowest BCUT2D eigenvalue weighted by Crippen LogP contribution is -2.61. The Kier molecular flexibility index (Phi) is 5.05. The number of nitrogens with one attached hydrogen (secondary N) is 1. The molecule has 4 heteroatoms. The van der Waals surface area contributed by atoms with Crippen molar-refractivity contribution in [1.82, 2.24) is 5.32 Å². The maximum absolute atomic E-state index is 13.6. The lowest BCUT2D eigenvalue weighted by atomic mass is 9.47. The molecule has 1 N–H and O–H groups in total. The van der Waals surface area contributed by atoms with E-state index in [2.05, 4.69) is 32.2 Å². The predicted molar refractivity (Wildman–Crippen MR) is 140 cm³/mol. The second-order valence-corrected chi connectivity index (χ2v) is 14.7. The lowest BCUT2D eigenvalue weighted by Gasteiger charge is -2.59. The van der Waals surface area contributed by atoms with Crippen molar-refractivity contribution in [3.05, 3.63) is 23.8 Å². The van der Waals surface area contributed by atoms with Gasteiger partial charge in [0, 0.05) is 16.4 Å². The highest BCUT2D eigenvalue weighted by atomic mass is 16.6. The highest BCUT2D eigenvalue weighted by molar-refractivity contribution is 6.01. The summed E-state index contributed by atoms with van der Waals surface area (Å²) in [6.07, 6.45) is 21.0. The largest absolute Gasteiger partial charge is 0.442 e. The second kappa shape index (κ2) is 7.73. The number of hydrogen-bond donors (Lipinski definition) is 1. The van der Waals surface area contributed by atoms with Gasteiger partial charge < -0.3 is 10.1 Å². The normalized spacial score (nSPS) is 52.3. The number of alkyl carbamates (subject to hydrolysis) is 1. The molecule has 0 aromatic heterocycles. The summed E-state index contributed by atoms with van der Waals surface area (Å²) in [6, 6.07) is 0. The van der Waals surface area contributed by atoms with Gasteiger partial charge in [-0.2, -0.15) is 0 Å². The monoisotopic (exact) mass is 491 g/mol. The van der Waals surface area contributed by atoms with Crippen molar-refractivity contribution >= 4 is 11.9 Å². The molecule has 7 fully saturated rings. The minimum absolute atomic E-state index is 0.00276. The molecule has 0 heterocycles. The molecule has 196 valence electrons. The van der Waals surface area contributed by atoms with Gasteiger partial charge in [0.2, 0.25) is 0 Å². The molecule has 36 heavy (non-hydrogen) atoms. The van der Waals surface area contributed by atoms with Crippen molar-refractivity contribution in [2.24, 2.45) is 46.3 Å². The molecule has 8 aliphatic rings. The molecule has 6 atom stereocenters. The van der Waals surface area contributed by atoms with Crippen LogP contribution in [0.4, 0.5) is 4.79 Å². The maximum Gasteiger partial charge on any atom is 0.408 e. The first kappa shape index (κ1) is 23.5. The molecule has 0 aromatic carbocycles. The van der Waals surface area contributed by atoms with Gasteiger partial charge in [0.15, 0.2) is 5.78 Å². The summed E-state index contributed by atoms with van der Waals surface area (Å²) in [6.45, 7) is 7.07. The van der Waals surface area contributed by atoms with Crippen molar-refractivity contribution in [3.63, 3.8) is 0 Å². The fourth-order valence-electron chi connectivity index (χ4n) is 11.8. The molecule has 0 aliphatic heterocycles. The Balaban J connectivity index is 1.11. The summed E-state index contributed by atoms with van der Waals surface area (Å²) in [5, 5.41) is 3.52. The lowest BCUT2D eigenvalue weighted by molar-refractivity contribution is -0.129. The van der Waals surface area contributed by atoms with Gasteiger partial charge >= 0.3 is 6.09 Å². The van der Waals surface area contributed by atoms with Crippen molar-refractivity contribution in [2.75, 3.05) is 0 Å². The summed E-state index contributed by atoms with van der Waals surface area (Å²) in [5.41, 5.74) is 1.05. The Hall–Kier alpha value is -1.58. The van der Waals surface area contributed by atoms with E-state index < -0.39 is 0 Å². The molecule has 1 amide bonds. The minimum Gasteiger partial charge on any atom is -0.442 e. The van der Waals surface area contributed by atoms with Gasteiger partial charge in [-0.15, -0.1) is 0 Å². The Bertz CT molecular complexity index is 1010. The second-order valence-electron chi connectivity index (χ2n) is 14.7. The van der Waals surface area contributed by atoms with Crippen LogP contribution in [0.5, 0.6) is 0 Å².